The van der Waals surface area contributed by atoms with Crippen molar-refractivity contribution in [3.63, 3.8) is 0 Å². The number of amides is 1. The highest BCUT2D eigenvalue weighted by molar-refractivity contribution is 5.81. The summed E-state index contributed by atoms with van der Waals surface area (Å²) in [5.74, 6) is 0.920. The molecule has 1 aromatic carbocycles. The topological polar surface area (TPSA) is 41.6 Å². The fourth-order valence-corrected chi connectivity index (χ4v) is 3.39. The van der Waals surface area contributed by atoms with Gasteiger partial charge >= 0.3 is 0 Å². The van der Waals surface area contributed by atoms with Crippen LogP contribution in [0.4, 0.5) is 0 Å². The number of benzene rings is 1. The number of likely N-dealkylation sites (tertiary alicyclic amines) is 1. The summed E-state index contributed by atoms with van der Waals surface area (Å²) in [4.78, 5) is 14.4. The third-order valence-corrected chi connectivity index (χ3v) is 4.81. The fourth-order valence-electron chi connectivity index (χ4n) is 3.39. The van der Waals surface area contributed by atoms with Gasteiger partial charge in [0.2, 0.25) is 0 Å². The molecule has 1 amide bonds. The van der Waals surface area contributed by atoms with Crippen molar-refractivity contribution in [2.45, 2.75) is 31.8 Å². The van der Waals surface area contributed by atoms with Crippen LogP contribution in [0.3, 0.4) is 0 Å². The standard InChI is InChI=1S/C18H26N2O2/c21-18(17-14-19-10-13-22-17)20-11-8-16(9-12-20)7-6-15-4-2-1-3-5-15/h1-5,16-17,19H,6-14H2. The van der Waals surface area contributed by atoms with E-state index >= 15 is 0 Å². The Morgan fingerprint density at radius 3 is 2.68 bits per heavy atom. The summed E-state index contributed by atoms with van der Waals surface area (Å²) in [5.41, 5.74) is 1.42. The Morgan fingerprint density at radius 2 is 2.00 bits per heavy atom. The molecule has 0 aromatic heterocycles. The fraction of sp³-hybridized carbons (Fsp3) is 0.611. The minimum absolute atomic E-state index is 0.175. The van der Waals surface area contributed by atoms with Gasteiger partial charge in [-0.3, -0.25) is 4.79 Å². The number of carbonyl (C=O) groups is 1. The smallest absolute Gasteiger partial charge is 0.253 e. The lowest BCUT2D eigenvalue weighted by atomic mass is 9.90. The van der Waals surface area contributed by atoms with Crippen molar-refractivity contribution in [2.24, 2.45) is 5.92 Å². The monoisotopic (exact) mass is 302 g/mol. The average molecular weight is 302 g/mol. The van der Waals surface area contributed by atoms with Gasteiger partial charge in [0.05, 0.1) is 6.61 Å². The van der Waals surface area contributed by atoms with Crippen LogP contribution in [0.5, 0.6) is 0 Å². The van der Waals surface area contributed by atoms with Gasteiger partial charge in [0.15, 0.2) is 0 Å². The second-order valence-electron chi connectivity index (χ2n) is 6.36. The van der Waals surface area contributed by atoms with Crippen LogP contribution >= 0.6 is 0 Å². The Hall–Kier alpha value is -1.39. The molecular formula is C18H26N2O2. The van der Waals surface area contributed by atoms with Crippen LogP contribution in [0.2, 0.25) is 0 Å². The van der Waals surface area contributed by atoms with Gasteiger partial charge in [-0.05, 0) is 37.2 Å². The molecule has 0 aliphatic carbocycles. The predicted molar refractivity (Wildman–Crippen MR) is 86.7 cm³/mol. The van der Waals surface area contributed by atoms with E-state index < -0.39 is 0 Å². The van der Waals surface area contributed by atoms with Crippen molar-refractivity contribution in [3.8, 4) is 0 Å². The van der Waals surface area contributed by atoms with Crippen LogP contribution in [0.1, 0.15) is 24.8 Å². The van der Waals surface area contributed by atoms with Crippen molar-refractivity contribution >= 4 is 5.91 Å². The van der Waals surface area contributed by atoms with Crippen molar-refractivity contribution in [1.29, 1.82) is 0 Å². The third kappa shape index (κ3) is 4.08. The van der Waals surface area contributed by atoms with Crippen LogP contribution in [0, 0.1) is 5.92 Å². The molecule has 1 N–H and O–H groups in total. The number of piperidine rings is 1. The van der Waals surface area contributed by atoms with E-state index in [0.717, 1.165) is 44.8 Å². The number of ether oxygens (including phenoxy) is 1. The second-order valence-corrected chi connectivity index (χ2v) is 6.36. The number of nitrogens with one attached hydrogen (secondary N) is 1. The van der Waals surface area contributed by atoms with Crippen LogP contribution in [-0.2, 0) is 16.0 Å². The Kier molecular flexibility index (Phi) is 5.46. The highest BCUT2D eigenvalue weighted by Gasteiger charge is 2.29. The summed E-state index contributed by atoms with van der Waals surface area (Å²) in [5, 5.41) is 3.23. The molecule has 2 saturated heterocycles. The van der Waals surface area contributed by atoms with Crippen LogP contribution in [-0.4, -0.2) is 49.7 Å². The first-order valence-electron chi connectivity index (χ1n) is 8.48. The highest BCUT2D eigenvalue weighted by Crippen LogP contribution is 2.23. The van der Waals surface area contributed by atoms with E-state index in [2.05, 4.69) is 35.6 Å². The molecule has 22 heavy (non-hydrogen) atoms. The summed E-state index contributed by atoms with van der Waals surface area (Å²) in [6.45, 7) is 3.93. The molecule has 2 aliphatic heterocycles. The molecule has 1 unspecified atom stereocenters. The molecule has 2 aliphatic rings. The van der Waals surface area contributed by atoms with Gasteiger partial charge in [0, 0.05) is 26.2 Å². The summed E-state index contributed by atoms with van der Waals surface area (Å²) in [7, 11) is 0. The van der Waals surface area contributed by atoms with Crippen LogP contribution < -0.4 is 5.32 Å². The molecule has 2 heterocycles. The summed E-state index contributed by atoms with van der Waals surface area (Å²) < 4.78 is 5.57. The average Bonchev–Trinajstić information content (AvgIpc) is 2.61. The molecule has 0 saturated carbocycles. The highest BCUT2D eigenvalue weighted by atomic mass is 16.5. The van der Waals surface area contributed by atoms with Gasteiger partial charge in [0.25, 0.3) is 5.91 Å². The van der Waals surface area contributed by atoms with E-state index in [9.17, 15) is 4.79 Å². The van der Waals surface area contributed by atoms with Crippen molar-refractivity contribution in [1.82, 2.24) is 10.2 Å². The maximum atomic E-state index is 12.4. The molecule has 4 nitrogen and oxygen atoms in total. The van der Waals surface area contributed by atoms with Gasteiger partial charge in [-0.2, -0.15) is 0 Å². The Morgan fingerprint density at radius 1 is 1.23 bits per heavy atom. The minimum Gasteiger partial charge on any atom is -0.366 e. The van der Waals surface area contributed by atoms with E-state index in [0.29, 0.717) is 13.2 Å². The van der Waals surface area contributed by atoms with Crippen LogP contribution in [0.15, 0.2) is 30.3 Å². The molecule has 1 aromatic rings. The zero-order valence-corrected chi connectivity index (χ0v) is 13.2. The number of hydrogen-bond acceptors (Lipinski definition) is 3. The third-order valence-electron chi connectivity index (χ3n) is 4.81. The van der Waals surface area contributed by atoms with E-state index in [1.54, 1.807) is 0 Å². The van der Waals surface area contributed by atoms with Crippen molar-refractivity contribution in [3.05, 3.63) is 35.9 Å². The minimum atomic E-state index is -0.269. The zero-order valence-electron chi connectivity index (χ0n) is 13.2. The predicted octanol–water partition coefficient (Wildman–Crippen LogP) is 1.85. The first kappa shape index (κ1) is 15.5. The normalized spacial score (nSPS) is 23.5. The van der Waals surface area contributed by atoms with Gasteiger partial charge < -0.3 is 15.0 Å². The van der Waals surface area contributed by atoms with Gasteiger partial charge in [-0.25, -0.2) is 0 Å². The lowest BCUT2D eigenvalue weighted by Gasteiger charge is -2.35. The number of rotatable bonds is 4. The molecule has 0 bridgehead atoms. The lowest BCUT2D eigenvalue weighted by molar-refractivity contribution is -0.146. The van der Waals surface area contributed by atoms with Crippen molar-refractivity contribution in [2.75, 3.05) is 32.8 Å². The first-order chi connectivity index (χ1) is 10.8. The SMILES string of the molecule is O=C(C1CNCCO1)N1CCC(CCc2ccccc2)CC1. The van der Waals surface area contributed by atoms with Gasteiger partial charge in [-0.15, -0.1) is 0 Å². The number of hydrogen-bond donors (Lipinski definition) is 1. The number of nitrogens with zero attached hydrogens (tertiary/aromatic N) is 1. The van der Waals surface area contributed by atoms with Gasteiger partial charge in [0.1, 0.15) is 6.10 Å². The summed E-state index contributed by atoms with van der Waals surface area (Å²) in [6.07, 6.45) is 4.36. The molecule has 1 atom stereocenters. The lowest BCUT2D eigenvalue weighted by Crippen LogP contribution is -2.51. The molecule has 0 radical (unpaired) electrons. The van der Waals surface area contributed by atoms with Gasteiger partial charge in [-0.1, -0.05) is 30.3 Å². The Bertz CT molecular complexity index is 463. The molecule has 2 fully saturated rings. The zero-order chi connectivity index (χ0) is 15.2. The maximum Gasteiger partial charge on any atom is 0.253 e. The van der Waals surface area contributed by atoms with Crippen molar-refractivity contribution < 1.29 is 9.53 Å². The Balaban J connectivity index is 1.41. The van der Waals surface area contributed by atoms with E-state index in [-0.39, 0.29) is 12.0 Å². The summed E-state index contributed by atoms with van der Waals surface area (Å²) in [6, 6.07) is 10.7. The molecule has 0 spiro atoms. The van der Waals surface area contributed by atoms with E-state index in [4.69, 9.17) is 4.74 Å². The quantitative estimate of drug-likeness (QED) is 0.923. The summed E-state index contributed by atoms with van der Waals surface area (Å²) >= 11 is 0. The molecule has 3 rings (SSSR count). The molecule has 4 heteroatoms. The number of aryl methyl sites for hydroxylation is 1. The number of carbonyl (C=O) groups excluding carboxylic acids is 1. The van der Waals surface area contributed by atoms with Crippen LogP contribution in [0.25, 0.3) is 0 Å². The second kappa shape index (κ2) is 7.75. The van der Waals surface area contributed by atoms with E-state index in [1.807, 2.05) is 4.90 Å². The Labute approximate surface area is 132 Å². The largest absolute Gasteiger partial charge is 0.366 e. The first-order valence-corrected chi connectivity index (χ1v) is 8.48. The molecular weight excluding hydrogens is 276 g/mol. The maximum absolute atomic E-state index is 12.4. The van der Waals surface area contributed by atoms with E-state index in [1.165, 1.54) is 12.0 Å². The molecule has 120 valence electrons. The number of morpholine rings is 1.